The third-order valence-corrected chi connectivity index (χ3v) is 2.40. The number of nitrogens with zero attached hydrogens (tertiary/aromatic N) is 4. The Morgan fingerprint density at radius 2 is 2.27 bits per heavy atom. The fourth-order valence-corrected chi connectivity index (χ4v) is 1.35. The predicted octanol–water partition coefficient (Wildman–Crippen LogP) is 0.469. The zero-order valence-corrected chi connectivity index (χ0v) is 9.69. The van der Waals surface area contributed by atoms with E-state index in [0.717, 1.165) is 25.3 Å². The van der Waals surface area contributed by atoms with Crippen molar-refractivity contribution < 1.29 is 0 Å². The first-order chi connectivity index (χ1) is 7.26. The summed E-state index contributed by atoms with van der Waals surface area (Å²) >= 11 is 0. The minimum atomic E-state index is 0.464. The second-order valence-electron chi connectivity index (χ2n) is 3.83. The lowest BCUT2D eigenvalue weighted by molar-refractivity contribution is 0.306. The van der Waals surface area contributed by atoms with Crippen LogP contribution in [0.3, 0.4) is 0 Å². The summed E-state index contributed by atoms with van der Waals surface area (Å²) in [7, 11) is 2.14. The molecular weight excluding hydrogens is 190 g/mol. The Morgan fingerprint density at radius 1 is 1.47 bits per heavy atom. The number of nitrogens with two attached hydrogens (primary N) is 1. The summed E-state index contributed by atoms with van der Waals surface area (Å²) in [5, 5.41) is 7.94. The highest BCUT2D eigenvalue weighted by Crippen LogP contribution is 1.94. The van der Waals surface area contributed by atoms with Gasteiger partial charge in [-0.3, -0.25) is 4.68 Å². The van der Waals surface area contributed by atoms with Crippen molar-refractivity contribution in [2.24, 2.45) is 5.73 Å². The minimum absolute atomic E-state index is 0.464. The van der Waals surface area contributed by atoms with Crippen molar-refractivity contribution >= 4 is 0 Å². The average Bonchev–Trinajstić information content (AvgIpc) is 2.71. The van der Waals surface area contributed by atoms with Crippen LogP contribution >= 0.6 is 0 Å². The summed E-state index contributed by atoms with van der Waals surface area (Å²) < 4.78 is 1.85. The summed E-state index contributed by atoms with van der Waals surface area (Å²) in [5.41, 5.74) is 6.31. The van der Waals surface area contributed by atoms with Gasteiger partial charge in [-0.2, -0.15) is 0 Å². The van der Waals surface area contributed by atoms with Crippen LogP contribution in [-0.4, -0.2) is 40.0 Å². The van der Waals surface area contributed by atoms with E-state index in [9.17, 15) is 0 Å². The lowest BCUT2D eigenvalue weighted by Crippen LogP contribution is -2.24. The quantitative estimate of drug-likeness (QED) is 0.712. The summed E-state index contributed by atoms with van der Waals surface area (Å²) in [6, 6.07) is 0. The SMILES string of the molecule is CCCCN(C)CCn1cc(CN)nn1. The first kappa shape index (κ1) is 12.1. The standard InChI is InChI=1S/C10H21N5/c1-3-4-5-14(2)6-7-15-9-10(8-11)12-13-15/h9H,3-8,11H2,1-2H3. The highest BCUT2D eigenvalue weighted by Gasteiger charge is 2.00. The van der Waals surface area contributed by atoms with Crippen LogP contribution < -0.4 is 5.73 Å². The molecular formula is C10H21N5. The number of hydrogen-bond acceptors (Lipinski definition) is 4. The van der Waals surface area contributed by atoms with Crippen LogP contribution in [0.5, 0.6) is 0 Å². The monoisotopic (exact) mass is 211 g/mol. The smallest absolute Gasteiger partial charge is 0.0962 e. The Morgan fingerprint density at radius 3 is 2.87 bits per heavy atom. The summed E-state index contributed by atoms with van der Waals surface area (Å²) in [4.78, 5) is 2.31. The molecule has 0 radical (unpaired) electrons. The Bertz CT molecular complexity index is 271. The van der Waals surface area contributed by atoms with Crippen molar-refractivity contribution in [2.45, 2.75) is 32.9 Å². The average molecular weight is 211 g/mol. The molecule has 0 atom stereocenters. The maximum Gasteiger partial charge on any atom is 0.0962 e. The van der Waals surface area contributed by atoms with E-state index in [2.05, 4.69) is 29.2 Å². The van der Waals surface area contributed by atoms with Crippen LogP contribution in [0.2, 0.25) is 0 Å². The lowest BCUT2D eigenvalue weighted by atomic mass is 10.3. The number of rotatable bonds is 7. The van der Waals surface area contributed by atoms with Gasteiger partial charge >= 0.3 is 0 Å². The number of unbranched alkanes of at least 4 members (excludes halogenated alkanes) is 1. The van der Waals surface area contributed by atoms with E-state index in [1.54, 1.807) is 0 Å². The largest absolute Gasteiger partial charge is 0.325 e. The van der Waals surface area contributed by atoms with E-state index < -0.39 is 0 Å². The third kappa shape index (κ3) is 4.40. The zero-order chi connectivity index (χ0) is 11.1. The molecule has 5 nitrogen and oxygen atoms in total. The fraction of sp³-hybridized carbons (Fsp3) is 0.800. The lowest BCUT2D eigenvalue weighted by Gasteiger charge is -2.15. The van der Waals surface area contributed by atoms with Crippen molar-refractivity contribution in [3.63, 3.8) is 0 Å². The van der Waals surface area contributed by atoms with Gasteiger partial charge in [-0.25, -0.2) is 0 Å². The molecule has 5 heteroatoms. The van der Waals surface area contributed by atoms with Gasteiger partial charge in [-0.1, -0.05) is 18.6 Å². The molecule has 15 heavy (non-hydrogen) atoms. The summed E-state index contributed by atoms with van der Waals surface area (Å²) in [6.45, 7) is 5.71. The first-order valence-electron chi connectivity index (χ1n) is 5.54. The van der Waals surface area contributed by atoms with Gasteiger partial charge < -0.3 is 10.6 Å². The van der Waals surface area contributed by atoms with Crippen LogP contribution in [0.1, 0.15) is 25.5 Å². The van der Waals surface area contributed by atoms with Gasteiger partial charge in [0.25, 0.3) is 0 Å². The first-order valence-corrected chi connectivity index (χ1v) is 5.54. The van der Waals surface area contributed by atoms with Gasteiger partial charge in [-0.05, 0) is 20.0 Å². The summed E-state index contributed by atoms with van der Waals surface area (Å²) in [6.07, 6.45) is 4.40. The molecule has 0 unspecified atom stereocenters. The van der Waals surface area contributed by atoms with Gasteiger partial charge in [0.2, 0.25) is 0 Å². The molecule has 2 N–H and O–H groups in total. The van der Waals surface area contributed by atoms with Crippen molar-refractivity contribution in [3.05, 3.63) is 11.9 Å². The van der Waals surface area contributed by atoms with E-state index in [0.29, 0.717) is 6.54 Å². The Hall–Kier alpha value is -0.940. The van der Waals surface area contributed by atoms with Crippen LogP contribution in [0, 0.1) is 0 Å². The van der Waals surface area contributed by atoms with Crippen LogP contribution in [-0.2, 0) is 13.1 Å². The van der Waals surface area contributed by atoms with Gasteiger partial charge in [0.15, 0.2) is 0 Å². The Kier molecular flexibility index (Phi) is 5.28. The maximum atomic E-state index is 5.46. The third-order valence-electron chi connectivity index (χ3n) is 2.40. The predicted molar refractivity (Wildman–Crippen MR) is 60.3 cm³/mol. The zero-order valence-electron chi connectivity index (χ0n) is 9.69. The van der Waals surface area contributed by atoms with Crippen LogP contribution in [0.15, 0.2) is 6.20 Å². The molecule has 0 saturated carbocycles. The number of aromatic nitrogens is 3. The molecule has 0 fully saturated rings. The van der Waals surface area contributed by atoms with Gasteiger partial charge in [0.05, 0.1) is 12.2 Å². The van der Waals surface area contributed by atoms with E-state index in [1.165, 1.54) is 12.8 Å². The van der Waals surface area contributed by atoms with Gasteiger partial charge in [0.1, 0.15) is 0 Å². The van der Waals surface area contributed by atoms with Gasteiger partial charge in [0, 0.05) is 19.3 Å². The topological polar surface area (TPSA) is 60.0 Å². The summed E-state index contributed by atoms with van der Waals surface area (Å²) in [5.74, 6) is 0. The molecule has 1 aromatic rings. The van der Waals surface area contributed by atoms with Crippen molar-refractivity contribution in [1.82, 2.24) is 19.9 Å². The molecule has 0 aliphatic rings. The van der Waals surface area contributed by atoms with E-state index in [-0.39, 0.29) is 0 Å². The van der Waals surface area contributed by atoms with E-state index >= 15 is 0 Å². The van der Waals surface area contributed by atoms with Crippen molar-refractivity contribution in [1.29, 1.82) is 0 Å². The molecule has 0 aliphatic carbocycles. The highest BCUT2D eigenvalue weighted by atomic mass is 15.4. The second kappa shape index (κ2) is 6.53. The Balaban J connectivity index is 2.24. The molecule has 0 bridgehead atoms. The number of likely N-dealkylation sites (N-methyl/N-ethyl adjacent to an activating group) is 1. The fourth-order valence-electron chi connectivity index (χ4n) is 1.35. The molecule has 0 aromatic carbocycles. The normalized spacial score (nSPS) is 11.2. The molecule has 1 rings (SSSR count). The van der Waals surface area contributed by atoms with E-state index in [1.807, 2.05) is 10.9 Å². The maximum absolute atomic E-state index is 5.46. The van der Waals surface area contributed by atoms with Crippen LogP contribution in [0.4, 0.5) is 0 Å². The Labute approximate surface area is 91.2 Å². The van der Waals surface area contributed by atoms with Crippen molar-refractivity contribution in [2.75, 3.05) is 20.1 Å². The molecule has 0 amide bonds. The molecule has 0 spiro atoms. The van der Waals surface area contributed by atoms with E-state index in [4.69, 9.17) is 5.73 Å². The molecule has 1 aromatic heterocycles. The number of hydrogen-bond donors (Lipinski definition) is 1. The minimum Gasteiger partial charge on any atom is -0.325 e. The molecule has 86 valence electrons. The molecule has 0 aliphatic heterocycles. The van der Waals surface area contributed by atoms with Crippen molar-refractivity contribution in [3.8, 4) is 0 Å². The molecule has 1 heterocycles. The second-order valence-corrected chi connectivity index (χ2v) is 3.83. The van der Waals surface area contributed by atoms with Crippen LogP contribution in [0.25, 0.3) is 0 Å². The van der Waals surface area contributed by atoms with Gasteiger partial charge in [-0.15, -0.1) is 5.10 Å². The molecule has 0 saturated heterocycles. The highest BCUT2D eigenvalue weighted by molar-refractivity contribution is 4.90.